The molecule has 2 aromatic carbocycles. The van der Waals surface area contributed by atoms with Crippen LogP contribution in [0.2, 0.25) is 0 Å². The van der Waals surface area contributed by atoms with Crippen molar-refractivity contribution in [3.63, 3.8) is 0 Å². The van der Waals surface area contributed by atoms with E-state index in [2.05, 4.69) is 9.73 Å². The fourth-order valence-corrected chi connectivity index (χ4v) is 3.78. The maximum Gasteiger partial charge on any atom is 0.339 e. The molecular formula is C25H32N4O8. The number of guanidine groups is 1. The number of aromatic carboxylic acids is 1. The van der Waals surface area contributed by atoms with E-state index in [0.29, 0.717) is 23.8 Å². The number of aliphatic imine (C=N–C) groups is 1. The molecule has 2 aliphatic rings. The summed E-state index contributed by atoms with van der Waals surface area (Å²) in [6.07, 6.45) is 1.35. The zero-order valence-electron chi connectivity index (χ0n) is 21.3. The number of hydrazine groups is 1. The van der Waals surface area contributed by atoms with E-state index in [-0.39, 0.29) is 34.1 Å². The van der Waals surface area contributed by atoms with Crippen LogP contribution in [-0.2, 0) is 14.4 Å². The van der Waals surface area contributed by atoms with E-state index in [1.807, 2.05) is 46.1 Å². The molecule has 37 heavy (non-hydrogen) atoms. The normalized spacial score (nSPS) is 15.2. The Labute approximate surface area is 214 Å². The van der Waals surface area contributed by atoms with Gasteiger partial charge in [0.1, 0.15) is 17.2 Å². The van der Waals surface area contributed by atoms with Crippen LogP contribution in [0.25, 0.3) is 0 Å². The Balaban J connectivity index is 0.000000396. The Hall–Kier alpha value is -4.29. The van der Waals surface area contributed by atoms with Gasteiger partial charge in [0.2, 0.25) is 5.96 Å². The van der Waals surface area contributed by atoms with Crippen molar-refractivity contribution in [1.82, 2.24) is 9.91 Å². The number of nitrogens with zero attached hydrogens (tertiary/aromatic N) is 4. The van der Waals surface area contributed by atoms with Crippen LogP contribution in [0.1, 0.15) is 42.6 Å². The first-order chi connectivity index (χ1) is 16.6. The zero-order chi connectivity index (χ0) is 25.9. The Kier molecular flexibility index (Phi) is 10.5. The lowest BCUT2D eigenvalue weighted by Gasteiger charge is -2.35. The third kappa shape index (κ3) is 6.29. The molecule has 0 spiro atoms. The molecular weight excluding hydrogens is 484 g/mol. The van der Waals surface area contributed by atoms with Gasteiger partial charge in [0.25, 0.3) is 11.8 Å². The Morgan fingerprint density at radius 3 is 2.24 bits per heavy atom. The molecule has 2 heterocycles. The number of fused-ring (bicyclic) bond motifs is 3. The summed E-state index contributed by atoms with van der Waals surface area (Å²) in [5.41, 5.74) is 2.41. The molecule has 1 saturated heterocycles. The smallest absolute Gasteiger partial charge is 0.339 e. The SMILES string of the molecule is CC(=O)Oc1ccccc1C(=O)O.CCCC1C(=O)N2C(N(C)C)=Nc3ccc(C)cc3N2C1=O.O.O. The highest BCUT2D eigenvalue weighted by atomic mass is 16.5. The van der Waals surface area contributed by atoms with Crippen molar-refractivity contribution in [2.75, 3.05) is 19.1 Å². The van der Waals surface area contributed by atoms with E-state index in [4.69, 9.17) is 5.11 Å². The third-order valence-corrected chi connectivity index (χ3v) is 5.33. The van der Waals surface area contributed by atoms with Crippen LogP contribution < -0.4 is 9.75 Å². The lowest BCUT2D eigenvalue weighted by atomic mass is 10.0. The summed E-state index contributed by atoms with van der Waals surface area (Å²) in [5.74, 6) is -2.05. The highest BCUT2D eigenvalue weighted by Crippen LogP contribution is 2.40. The van der Waals surface area contributed by atoms with E-state index >= 15 is 0 Å². The minimum absolute atomic E-state index is 0. The summed E-state index contributed by atoms with van der Waals surface area (Å²) < 4.78 is 4.69. The topological polar surface area (TPSA) is 183 Å². The number of amides is 2. The van der Waals surface area contributed by atoms with E-state index in [0.717, 1.165) is 12.0 Å². The molecule has 0 saturated carbocycles. The maximum absolute atomic E-state index is 12.8. The standard InChI is InChI=1S/C16H20N4O2.C9H8O4.2H2O/c1-5-6-11-14(21)19-13-9-10(2)7-8-12(13)17-16(18(3)4)20(19)15(11)22;1-6(10)13-8-5-3-2-4-7(8)9(11)12;;/h7-9,11H,5-6H2,1-4H3;2-5H,1H3,(H,11,12);2*1H2. The van der Waals surface area contributed by atoms with Crippen LogP contribution >= 0.6 is 0 Å². The fraction of sp³-hybridized carbons (Fsp3) is 0.320. The predicted octanol–water partition coefficient (Wildman–Crippen LogP) is 1.72. The number of carbonyl (C=O) groups is 4. The molecule has 12 heteroatoms. The van der Waals surface area contributed by atoms with Gasteiger partial charge in [-0.3, -0.25) is 14.4 Å². The summed E-state index contributed by atoms with van der Waals surface area (Å²) in [6, 6.07) is 11.7. The Bertz CT molecular complexity index is 1210. The number of esters is 1. The van der Waals surface area contributed by atoms with Crippen molar-refractivity contribution in [3.05, 3.63) is 53.6 Å². The van der Waals surface area contributed by atoms with Crippen molar-refractivity contribution in [1.29, 1.82) is 0 Å². The fourth-order valence-electron chi connectivity index (χ4n) is 3.78. The van der Waals surface area contributed by atoms with Crippen molar-refractivity contribution in [2.45, 2.75) is 33.6 Å². The van der Waals surface area contributed by atoms with Crippen LogP contribution in [0.3, 0.4) is 0 Å². The largest absolute Gasteiger partial charge is 0.478 e. The highest BCUT2D eigenvalue weighted by Gasteiger charge is 2.50. The second kappa shape index (κ2) is 12.6. The molecule has 2 aromatic rings. The first-order valence-corrected chi connectivity index (χ1v) is 11.1. The highest BCUT2D eigenvalue weighted by molar-refractivity contribution is 6.22. The van der Waals surface area contributed by atoms with Crippen molar-refractivity contribution in [3.8, 4) is 5.75 Å². The molecule has 0 aromatic heterocycles. The minimum Gasteiger partial charge on any atom is -0.478 e. The number of hydrogen-bond donors (Lipinski definition) is 1. The lowest BCUT2D eigenvalue weighted by Crippen LogP contribution is -2.52. The number of ether oxygens (including phenoxy) is 1. The first-order valence-electron chi connectivity index (χ1n) is 11.1. The summed E-state index contributed by atoms with van der Waals surface area (Å²) >= 11 is 0. The third-order valence-electron chi connectivity index (χ3n) is 5.33. The van der Waals surface area contributed by atoms with Gasteiger partial charge in [0.05, 0.1) is 11.4 Å². The average Bonchev–Trinajstić information content (AvgIpc) is 3.04. The summed E-state index contributed by atoms with van der Waals surface area (Å²) in [5, 5.41) is 11.6. The van der Waals surface area contributed by atoms with E-state index in [9.17, 15) is 19.2 Å². The van der Waals surface area contributed by atoms with Gasteiger partial charge in [-0.1, -0.05) is 31.5 Å². The molecule has 5 N–H and O–H groups in total. The van der Waals surface area contributed by atoms with Crippen LogP contribution in [0, 0.1) is 12.8 Å². The van der Waals surface area contributed by atoms with Gasteiger partial charge < -0.3 is 25.7 Å². The number of benzene rings is 2. The number of para-hydroxylation sites is 1. The van der Waals surface area contributed by atoms with Crippen molar-refractivity contribution < 1.29 is 40.0 Å². The number of carboxylic acids is 1. The van der Waals surface area contributed by atoms with Gasteiger partial charge in [-0.15, -0.1) is 0 Å². The van der Waals surface area contributed by atoms with Crippen LogP contribution in [0.15, 0.2) is 47.5 Å². The molecule has 200 valence electrons. The predicted molar refractivity (Wildman–Crippen MR) is 137 cm³/mol. The van der Waals surface area contributed by atoms with E-state index < -0.39 is 17.9 Å². The Morgan fingerprint density at radius 2 is 1.68 bits per heavy atom. The number of carbonyl (C=O) groups excluding carboxylic acids is 3. The quantitative estimate of drug-likeness (QED) is 0.364. The second-order valence-electron chi connectivity index (χ2n) is 8.33. The van der Waals surface area contributed by atoms with Crippen molar-refractivity contribution in [2.24, 2.45) is 10.9 Å². The summed E-state index contributed by atoms with van der Waals surface area (Å²) in [7, 11) is 3.64. The van der Waals surface area contributed by atoms with Gasteiger partial charge in [-0.2, -0.15) is 5.01 Å². The number of aryl methyl sites for hydroxylation is 1. The monoisotopic (exact) mass is 516 g/mol. The Morgan fingerprint density at radius 1 is 1.05 bits per heavy atom. The van der Waals surface area contributed by atoms with Gasteiger partial charge >= 0.3 is 11.9 Å². The van der Waals surface area contributed by atoms with E-state index in [1.54, 1.807) is 17.0 Å². The zero-order valence-corrected chi connectivity index (χ0v) is 21.3. The first kappa shape index (κ1) is 30.7. The minimum atomic E-state index is -1.11. The summed E-state index contributed by atoms with van der Waals surface area (Å²) in [6.45, 7) is 5.16. The molecule has 12 nitrogen and oxygen atoms in total. The molecule has 1 atom stereocenters. The molecule has 0 radical (unpaired) electrons. The average molecular weight is 517 g/mol. The van der Waals surface area contributed by atoms with Crippen LogP contribution in [-0.4, -0.2) is 69.8 Å². The number of rotatable bonds is 4. The molecule has 0 bridgehead atoms. The van der Waals surface area contributed by atoms with Crippen molar-refractivity contribution >= 4 is 41.1 Å². The maximum atomic E-state index is 12.8. The molecule has 2 amide bonds. The van der Waals surface area contributed by atoms with Gasteiger partial charge in [0, 0.05) is 21.0 Å². The number of carboxylic acid groups (broad SMARTS) is 1. The molecule has 4 rings (SSSR count). The second-order valence-corrected chi connectivity index (χ2v) is 8.33. The summed E-state index contributed by atoms with van der Waals surface area (Å²) in [4.78, 5) is 53.0. The molecule has 1 unspecified atom stereocenters. The van der Waals surface area contributed by atoms with E-state index in [1.165, 1.54) is 29.1 Å². The van der Waals surface area contributed by atoms with Gasteiger partial charge in [0.15, 0.2) is 0 Å². The van der Waals surface area contributed by atoms with Gasteiger partial charge in [-0.05, 0) is 43.2 Å². The van der Waals surface area contributed by atoms with Crippen LogP contribution in [0.5, 0.6) is 5.75 Å². The molecule has 1 fully saturated rings. The molecule has 2 aliphatic heterocycles. The number of anilines is 1. The van der Waals surface area contributed by atoms with Crippen LogP contribution in [0.4, 0.5) is 11.4 Å². The van der Waals surface area contributed by atoms with Gasteiger partial charge in [-0.25, -0.2) is 14.8 Å². The molecule has 0 aliphatic carbocycles. The number of hydrogen-bond acceptors (Lipinski definition) is 7. The lowest BCUT2D eigenvalue weighted by molar-refractivity contribution is -0.132.